The van der Waals surface area contributed by atoms with Crippen LogP contribution in [0.25, 0.3) is 0 Å². The van der Waals surface area contributed by atoms with Crippen molar-refractivity contribution in [1.82, 2.24) is 9.78 Å². The molecule has 1 aromatic rings. The van der Waals surface area contributed by atoms with E-state index >= 15 is 0 Å². The van der Waals surface area contributed by atoms with Crippen LogP contribution in [-0.4, -0.2) is 35.6 Å². The van der Waals surface area contributed by atoms with Crippen molar-refractivity contribution in [2.75, 3.05) is 19.0 Å². The Hall–Kier alpha value is -1.23. The van der Waals surface area contributed by atoms with Gasteiger partial charge in [-0.05, 0) is 19.3 Å². The predicted octanol–water partition coefficient (Wildman–Crippen LogP) is 1.80. The summed E-state index contributed by atoms with van der Waals surface area (Å²) < 4.78 is 12.6. The van der Waals surface area contributed by atoms with Crippen molar-refractivity contribution in [1.29, 1.82) is 0 Å². The Kier molecular flexibility index (Phi) is 3.89. The van der Waals surface area contributed by atoms with Crippen LogP contribution in [0, 0.1) is 0 Å². The Morgan fingerprint density at radius 2 is 2.47 bits per heavy atom. The number of anilines is 1. The number of nitrogens with one attached hydrogen (secondary N) is 1. The standard InChI is InChI=1S/C12H21N3O2/c1-4-10-7-9(5-6-17-10)13-11-8-12(16-3)15(2)14-11/h8-10H,4-7H2,1-3H3,(H,13,14). The van der Waals surface area contributed by atoms with Gasteiger partial charge >= 0.3 is 0 Å². The highest BCUT2D eigenvalue weighted by Gasteiger charge is 2.21. The Morgan fingerprint density at radius 3 is 3.12 bits per heavy atom. The summed E-state index contributed by atoms with van der Waals surface area (Å²) >= 11 is 0. The normalized spacial score (nSPS) is 24.6. The zero-order valence-corrected chi connectivity index (χ0v) is 10.8. The molecule has 1 saturated heterocycles. The third kappa shape index (κ3) is 2.91. The van der Waals surface area contributed by atoms with Gasteiger partial charge in [0, 0.05) is 25.8 Å². The zero-order valence-electron chi connectivity index (χ0n) is 10.8. The van der Waals surface area contributed by atoms with Gasteiger partial charge in [-0.15, -0.1) is 0 Å². The Bertz CT molecular complexity index is 365. The smallest absolute Gasteiger partial charge is 0.213 e. The first-order chi connectivity index (χ1) is 8.22. The maximum absolute atomic E-state index is 5.65. The van der Waals surface area contributed by atoms with Gasteiger partial charge in [0.05, 0.1) is 13.2 Å². The van der Waals surface area contributed by atoms with E-state index in [1.807, 2.05) is 13.1 Å². The molecular weight excluding hydrogens is 218 g/mol. The number of methoxy groups -OCH3 is 1. The molecule has 2 heterocycles. The molecule has 2 atom stereocenters. The quantitative estimate of drug-likeness (QED) is 0.870. The van der Waals surface area contributed by atoms with Crippen molar-refractivity contribution in [3.63, 3.8) is 0 Å². The molecule has 0 bridgehead atoms. The summed E-state index contributed by atoms with van der Waals surface area (Å²) in [6.45, 7) is 3.00. The molecule has 1 aliphatic heterocycles. The molecule has 96 valence electrons. The monoisotopic (exact) mass is 239 g/mol. The summed E-state index contributed by atoms with van der Waals surface area (Å²) in [5.74, 6) is 1.65. The van der Waals surface area contributed by atoms with E-state index in [9.17, 15) is 0 Å². The summed E-state index contributed by atoms with van der Waals surface area (Å²) in [7, 11) is 3.53. The maximum atomic E-state index is 5.65. The van der Waals surface area contributed by atoms with Crippen LogP contribution in [0.2, 0.25) is 0 Å². The second kappa shape index (κ2) is 5.40. The van der Waals surface area contributed by atoms with Crippen molar-refractivity contribution < 1.29 is 9.47 Å². The summed E-state index contributed by atoms with van der Waals surface area (Å²) in [4.78, 5) is 0. The van der Waals surface area contributed by atoms with Gasteiger partial charge in [-0.2, -0.15) is 5.10 Å². The minimum atomic E-state index is 0.381. The van der Waals surface area contributed by atoms with E-state index in [2.05, 4.69) is 17.3 Å². The third-order valence-corrected chi connectivity index (χ3v) is 3.22. The van der Waals surface area contributed by atoms with E-state index in [-0.39, 0.29) is 0 Å². The van der Waals surface area contributed by atoms with E-state index in [1.165, 1.54) is 0 Å². The lowest BCUT2D eigenvalue weighted by molar-refractivity contribution is 0.00920. The number of aromatic nitrogens is 2. The molecule has 0 saturated carbocycles. The molecule has 5 heteroatoms. The Balaban J connectivity index is 1.95. The van der Waals surface area contributed by atoms with Gasteiger partial charge in [-0.1, -0.05) is 6.92 Å². The summed E-state index contributed by atoms with van der Waals surface area (Å²) in [6, 6.07) is 2.38. The number of ether oxygens (including phenoxy) is 2. The average Bonchev–Trinajstić information content (AvgIpc) is 2.69. The summed E-state index contributed by atoms with van der Waals surface area (Å²) in [5.41, 5.74) is 0. The van der Waals surface area contributed by atoms with Crippen molar-refractivity contribution in [2.24, 2.45) is 7.05 Å². The van der Waals surface area contributed by atoms with Crippen LogP contribution in [0.1, 0.15) is 26.2 Å². The van der Waals surface area contributed by atoms with Gasteiger partial charge < -0.3 is 14.8 Å². The van der Waals surface area contributed by atoms with E-state index in [0.717, 1.165) is 37.6 Å². The van der Waals surface area contributed by atoms with Crippen LogP contribution in [0.3, 0.4) is 0 Å². The van der Waals surface area contributed by atoms with Crippen LogP contribution in [0.15, 0.2) is 6.07 Å². The molecule has 5 nitrogen and oxygen atoms in total. The molecule has 1 N–H and O–H groups in total. The van der Waals surface area contributed by atoms with Crippen molar-refractivity contribution >= 4 is 5.82 Å². The molecule has 2 rings (SSSR count). The molecule has 0 radical (unpaired) electrons. The van der Waals surface area contributed by atoms with E-state index in [1.54, 1.807) is 11.8 Å². The fourth-order valence-electron chi connectivity index (χ4n) is 2.22. The summed E-state index contributed by atoms with van der Waals surface area (Å²) in [5, 5.41) is 7.81. The second-order valence-electron chi connectivity index (χ2n) is 4.46. The molecule has 17 heavy (non-hydrogen) atoms. The van der Waals surface area contributed by atoms with Crippen LogP contribution in [-0.2, 0) is 11.8 Å². The first-order valence-electron chi connectivity index (χ1n) is 6.19. The molecule has 1 aliphatic rings. The molecule has 0 amide bonds. The predicted molar refractivity (Wildman–Crippen MR) is 66.4 cm³/mol. The van der Waals surface area contributed by atoms with Gasteiger partial charge in [0.1, 0.15) is 0 Å². The van der Waals surface area contributed by atoms with Crippen LogP contribution < -0.4 is 10.1 Å². The highest BCUT2D eigenvalue weighted by molar-refractivity contribution is 5.39. The topological polar surface area (TPSA) is 48.3 Å². The lowest BCUT2D eigenvalue weighted by atomic mass is 10.0. The fraction of sp³-hybridized carbons (Fsp3) is 0.750. The van der Waals surface area contributed by atoms with Crippen LogP contribution in [0.4, 0.5) is 5.82 Å². The average molecular weight is 239 g/mol. The lowest BCUT2D eigenvalue weighted by Gasteiger charge is -2.29. The molecule has 0 aromatic carbocycles. The Morgan fingerprint density at radius 1 is 1.65 bits per heavy atom. The first-order valence-corrected chi connectivity index (χ1v) is 6.19. The molecule has 0 spiro atoms. The first kappa shape index (κ1) is 12.2. The van der Waals surface area contributed by atoms with Gasteiger partial charge in [-0.25, -0.2) is 4.68 Å². The van der Waals surface area contributed by atoms with Crippen molar-refractivity contribution in [2.45, 2.75) is 38.3 Å². The number of hydrogen-bond acceptors (Lipinski definition) is 4. The number of aryl methyl sites for hydroxylation is 1. The van der Waals surface area contributed by atoms with Gasteiger partial charge in [0.25, 0.3) is 0 Å². The number of nitrogens with zero attached hydrogens (tertiary/aromatic N) is 2. The van der Waals surface area contributed by atoms with Crippen LogP contribution >= 0.6 is 0 Å². The van der Waals surface area contributed by atoms with Crippen LogP contribution in [0.5, 0.6) is 5.88 Å². The van der Waals surface area contributed by atoms with Gasteiger partial charge in [-0.3, -0.25) is 0 Å². The maximum Gasteiger partial charge on any atom is 0.213 e. The number of hydrogen-bond donors (Lipinski definition) is 1. The minimum Gasteiger partial charge on any atom is -0.481 e. The summed E-state index contributed by atoms with van der Waals surface area (Å²) in [6.07, 6.45) is 3.54. The largest absolute Gasteiger partial charge is 0.481 e. The molecule has 0 aliphatic carbocycles. The van der Waals surface area contributed by atoms with Crippen molar-refractivity contribution in [3.05, 3.63) is 6.07 Å². The molecule has 1 fully saturated rings. The highest BCUT2D eigenvalue weighted by Crippen LogP contribution is 2.22. The lowest BCUT2D eigenvalue weighted by Crippen LogP contribution is -2.33. The third-order valence-electron chi connectivity index (χ3n) is 3.22. The van der Waals surface area contributed by atoms with Gasteiger partial charge in [0.2, 0.25) is 5.88 Å². The molecular formula is C12H21N3O2. The fourth-order valence-corrected chi connectivity index (χ4v) is 2.22. The second-order valence-corrected chi connectivity index (χ2v) is 4.46. The SMILES string of the molecule is CCC1CC(Nc2cc(OC)n(C)n2)CCO1. The van der Waals surface area contributed by atoms with E-state index in [0.29, 0.717) is 12.1 Å². The zero-order chi connectivity index (χ0) is 12.3. The van der Waals surface area contributed by atoms with E-state index < -0.39 is 0 Å². The molecule has 1 aromatic heterocycles. The molecule has 2 unspecified atom stereocenters. The Labute approximate surface area is 102 Å². The number of rotatable bonds is 4. The van der Waals surface area contributed by atoms with Crippen molar-refractivity contribution in [3.8, 4) is 5.88 Å². The van der Waals surface area contributed by atoms with E-state index in [4.69, 9.17) is 9.47 Å². The van der Waals surface area contributed by atoms with Gasteiger partial charge in [0.15, 0.2) is 5.82 Å². The minimum absolute atomic E-state index is 0.381. The highest BCUT2D eigenvalue weighted by atomic mass is 16.5.